The SMILES string of the molecule is OC(Nc1cccnc1)N1c2nc(Cl)ccc2N2CC[C@H]1C2. The predicted octanol–water partition coefficient (Wildman–Crippen LogP) is 1.92. The van der Waals surface area contributed by atoms with Gasteiger partial charge in [0.15, 0.2) is 5.82 Å². The van der Waals surface area contributed by atoms with E-state index in [-0.39, 0.29) is 6.04 Å². The van der Waals surface area contributed by atoms with Crippen molar-refractivity contribution in [1.82, 2.24) is 9.97 Å². The van der Waals surface area contributed by atoms with E-state index in [0.717, 1.165) is 36.7 Å². The van der Waals surface area contributed by atoms with E-state index < -0.39 is 6.35 Å². The Labute approximate surface area is 133 Å². The van der Waals surface area contributed by atoms with Gasteiger partial charge in [-0.15, -0.1) is 0 Å². The molecule has 4 rings (SSSR count). The number of aliphatic hydroxyl groups is 1. The lowest BCUT2D eigenvalue weighted by Gasteiger charge is -2.40. The normalized spacial score (nSPS) is 20.7. The molecule has 0 spiro atoms. The first-order valence-electron chi connectivity index (χ1n) is 7.27. The van der Waals surface area contributed by atoms with Crippen LogP contribution in [0.4, 0.5) is 17.2 Å². The number of rotatable bonds is 3. The molecule has 1 fully saturated rings. The molecule has 22 heavy (non-hydrogen) atoms. The number of halogens is 1. The first kappa shape index (κ1) is 13.6. The molecule has 0 aromatic carbocycles. The van der Waals surface area contributed by atoms with E-state index in [4.69, 9.17) is 11.6 Å². The Morgan fingerprint density at radius 2 is 2.27 bits per heavy atom. The maximum Gasteiger partial charge on any atom is 0.206 e. The minimum absolute atomic E-state index is 0.220. The van der Waals surface area contributed by atoms with Crippen LogP contribution < -0.4 is 15.1 Å². The Kier molecular flexibility index (Phi) is 3.28. The second-order valence-corrected chi connectivity index (χ2v) is 5.92. The summed E-state index contributed by atoms with van der Waals surface area (Å²) < 4.78 is 0. The summed E-state index contributed by atoms with van der Waals surface area (Å²) in [5.74, 6) is 0.727. The Bertz CT molecular complexity index is 683. The van der Waals surface area contributed by atoms with Crippen LogP contribution in [0, 0.1) is 0 Å². The maximum absolute atomic E-state index is 10.7. The van der Waals surface area contributed by atoms with Crippen LogP contribution in [0.25, 0.3) is 0 Å². The minimum atomic E-state index is -0.876. The van der Waals surface area contributed by atoms with Crippen molar-refractivity contribution in [2.24, 2.45) is 0 Å². The van der Waals surface area contributed by atoms with Gasteiger partial charge >= 0.3 is 0 Å². The molecule has 0 radical (unpaired) electrons. The van der Waals surface area contributed by atoms with Crippen LogP contribution in [-0.2, 0) is 0 Å². The number of fused-ring (bicyclic) bond motifs is 4. The van der Waals surface area contributed by atoms with Gasteiger partial charge in [0.25, 0.3) is 0 Å². The van der Waals surface area contributed by atoms with Crippen molar-refractivity contribution in [3.8, 4) is 0 Å². The number of aromatic nitrogens is 2. The van der Waals surface area contributed by atoms with Crippen LogP contribution in [0.2, 0.25) is 5.15 Å². The highest BCUT2D eigenvalue weighted by Gasteiger charge is 2.39. The molecule has 0 amide bonds. The van der Waals surface area contributed by atoms with Gasteiger partial charge in [0.2, 0.25) is 6.35 Å². The molecule has 4 heterocycles. The van der Waals surface area contributed by atoms with Crippen molar-refractivity contribution in [2.45, 2.75) is 18.8 Å². The Balaban J connectivity index is 1.68. The lowest BCUT2D eigenvalue weighted by Crippen LogP contribution is -2.51. The number of anilines is 3. The van der Waals surface area contributed by atoms with E-state index in [2.05, 4.69) is 20.2 Å². The minimum Gasteiger partial charge on any atom is -0.366 e. The molecule has 0 aliphatic carbocycles. The molecule has 2 N–H and O–H groups in total. The van der Waals surface area contributed by atoms with Crippen molar-refractivity contribution in [3.05, 3.63) is 41.8 Å². The topological polar surface area (TPSA) is 64.5 Å². The van der Waals surface area contributed by atoms with Crippen molar-refractivity contribution in [2.75, 3.05) is 28.2 Å². The van der Waals surface area contributed by atoms with Gasteiger partial charge in [-0.25, -0.2) is 4.98 Å². The van der Waals surface area contributed by atoms with E-state index >= 15 is 0 Å². The van der Waals surface area contributed by atoms with E-state index in [0.29, 0.717) is 5.15 Å². The molecule has 114 valence electrons. The largest absolute Gasteiger partial charge is 0.366 e. The second-order valence-electron chi connectivity index (χ2n) is 5.53. The summed E-state index contributed by atoms with van der Waals surface area (Å²) in [7, 11) is 0. The number of aliphatic hydroxyl groups excluding tert-OH is 1. The third-order valence-corrected chi connectivity index (χ3v) is 4.39. The second kappa shape index (κ2) is 5.30. The Morgan fingerprint density at radius 1 is 1.36 bits per heavy atom. The average Bonchev–Trinajstić information content (AvgIpc) is 2.93. The Hall–Kier alpha value is -2.05. The van der Waals surface area contributed by atoms with Gasteiger partial charge in [0.1, 0.15) is 5.15 Å². The van der Waals surface area contributed by atoms with E-state index in [1.165, 1.54) is 0 Å². The number of nitrogens with one attached hydrogen (secondary N) is 1. The zero-order chi connectivity index (χ0) is 15.1. The zero-order valence-corrected chi connectivity index (χ0v) is 12.6. The molecule has 1 unspecified atom stereocenters. The number of hydrogen-bond donors (Lipinski definition) is 2. The summed E-state index contributed by atoms with van der Waals surface area (Å²) in [6, 6.07) is 7.67. The van der Waals surface area contributed by atoms with Crippen LogP contribution in [0.1, 0.15) is 6.42 Å². The molecule has 7 heteroatoms. The first-order valence-corrected chi connectivity index (χ1v) is 7.64. The van der Waals surface area contributed by atoms with Crippen LogP contribution in [-0.4, -0.2) is 40.6 Å². The highest BCUT2D eigenvalue weighted by atomic mass is 35.5. The number of hydrogen-bond acceptors (Lipinski definition) is 6. The van der Waals surface area contributed by atoms with Crippen LogP contribution >= 0.6 is 11.6 Å². The summed E-state index contributed by atoms with van der Waals surface area (Å²) >= 11 is 6.05. The molecule has 2 aliphatic heterocycles. The molecule has 2 aromatic rings. The van der Waals surface area contributed by atoms with Gasteiger partial charge in [-0.1, -0.05) is 11.6 Å². The quantitative estimate of drug-likeness (QED) is 0.666. The van der Waals surface area contributed by atoms with E-state index in [9.17, 15) is 5.11 Å². The standard InChI is InChI=1S/C15H16ClN5O/c16-13-4-3-12-14(19-13)21(11-5-7-20(12)9-11)15(22)18-10-2-1-6-17-8-10/h1-4,6,8,11,15,18,22H,5,7,9H2/t11-,15?/m0/s1. The zero-order valence-electron chi connectivity index (χ0n) is 11.9. The smallest absolute Gasteiger partial charge is 0.206 e. The fourth-order valence-corrected chi connectivity index (χ4v) is 3.34. The van der Waals surface area contributed by atoms with Gasteiger partial charge in [0, 0.05) is 19.3 Å². The predicted molar refractivity (Wildman–Crippen MR) is 86.2 cm³/mol. The lowest BCUT2D eigenvalue weighted by atomic mass is 10.2. The maximum atomic E-state index is 10.7. The summed E-state index contributed by atoms with van der Waals surface area (Å²) in [5, 5.41) is 14.2. The molecule has 1 saturated heterocycles. The van der Waals surface area contributed by atoms with E-state index in [1.54, 1.807) is 18.5 Å². The summed E-state index contributed by atoms with van der Waals surface area (Å²) in [5.41, 5.74) is 1.78. The molecule has 2 bridgehead atoms. The number of nitrogens with zero attached hydrogens (tertiary/aromatic N) is 4. The van der Waals surface area contributed by atoms with Gasteiger partial charge in [-0.05, 0) is 30.7 Å². The first-order chi connectivity index (χ1) is 10.7. The lowest BCUT2D eigenvalue weighted by molar-refractivity contribution is 0.185. The summed E-state index contributed by atoms with van der Waals surface area (Å²) in [6.07, 6.45) is 3.49. The van der Waals surface area contributed by atoms with Gasteiger partial charge in [-0.2, -0.15) is 0 Å². The molecular formula is C15H16ClN5O. The third kappa shape index (κ3) is 2.24. The molecule has 2 aromatic heterocycles. The highest BCUT2D eigenvalue weighted by Crippen LogP contribution is 2.40. The molecule has 0 saturated carbocycles. The summed E-state index contributed by atoms with van der Waals surface area (Å²) in [4.78, 5) is 12.7. The van der Waals surface area contributed by atoms with Gasteiger partial charge < -0.3 is 20.2 Å². The van der Waals surface area contributed by atoms with Crippen molar-refractivity contribution in [1.29, 1.82) is 0 Å². The van der Waals surface area contributed by atoms with Gasteiger partial charge in [-0.3, -0.25) is 4.98 Å². The Morgan fingerprint density at radius 3 is 3.09 bits per heavy atom. The molecule has 6 nitrogen and oxygen atoms in total. The fourth-order valence-electron chi connectivity index (χ4n) is 3.20. The van der Waals surface area contributed by atoms with E-state index in [1.807, 2.05) is 23.1 Å². The fraction of sp³-hybridized carbons (Fsp3) is 0.333. The van der Waals surface area contributed by atoms with Gasteiger partial charge in [0.05, 0.1) is 23.6 Å². The van der Waals surface area contributed by atoms with Crippen molar-refractivity contribution >= 4 is 28.8 Å². The average molecular weight is 318 g/mol. The van der Waals surface area contributed by atoms with Crippen molar-refractivity contribution in [3.63, 3.8) is 0 Å². The molecule has 2 aliphatic rings. The molecule has 2 atom stereocenters. The monoisotopic (exact) mass is 317 g/mol. The number of pyridine rings is 2. The molecular weight excluding hydrogens is 302 g/mol. The third-order valence-electron chi connectivity index (χ3n) is 4.18. The highest BCUT2D eigenvalue weighted by molar-refractivity contribution is 6.29. The summed E-state index contributed by atoms with van der Waals surface area (Å²) in [6.45, 7) is 1.86. The van der Waals surface area contributed by atoms with Crippen molar-refractivity contribution < 1.29 is 5.11 Å². The van der Waals surface area contributed by atoms with Crippen LogP contribution in [0.15, 0.2) is 36.7 Å². The van der Waals surface area contributed by atoms with Crippen LogP contribution in [0.3, 0.4) is 0 Å². The van der Waals surface area contributed by atoms with Crippen LogP contribution in [0.5, 0.6) is 0 Å².